The number of pyridine rings is 1. The molecule has 0 N–H and O–H groups in total. The zero-order valence-corrected chi connectivity index (χ0v) is 41.7. The second-order valence-electron chi connectivity index (χ2n) is 19.1. The Bertz CT molecular complexity index is 4000. The summed E-state index contributed by atoms with van der Waals surface area (Å²) in [5.41, 5.74) is 16.3. The maximum atomic E-state index is 9.73. The van der Waals surface area contributed by atoms with Crippen LogP contribution < -0.4 is 4.98 Å². The molecule has 6 heteroatoms. The van der Waals surface area contributed by atoms with Gasteiger partial charge in [0, 0.05) is 36.4 Å². The average Bonchev–Trinajstić information content (AvgIpc) is 4.06. The SMILES string of the molecule is [2H]C([2H])(c1ccccc1)c1cc(-c2nc3c(-c4[c-]c(-n5c6cc(C(C)C)ccc6c6cccnc65)c(C)cc4)cc(C(C)(C)c4ccccc4)cc3n2-c2ccccc2)c2[n-]c3ccc(C)cc3c2c1.[Pt+2]. The molecule has 0 saturated carbocycles. The number of hydrogen-bond acceptors (Lipinski definition) is 2. The Morgan fingerprint density at radius 2 is 1.39 bits per heavy atom. The molecule has 0 bridgehead atoms. The second kappa shape index (κ2) is 17.3. The summed E-state index contributed by atoms with van der Waals surface area (Å²) in [6.45, 7) is 13.3. The molecule has 0 atom stereocenters. The van der Waals surface area contributed by atoms with Crippen LogP contribution >= 0.6 is 0 Å². The first-order valence-corrected chi connectivity index (χ1v) is 23.5. The number of nitrogens with zero attached hydrogens (tertiary/aromatic N) is 5. The van der Waals surface area contributed by atoms with Crippen molar-refractivity contribution in [3.63, 3.8) is 0 Å². The first-order valence-electron chi connectivity index (χ1n) is 24.5. The number of rotatable bonds is 9. The van der Waals surface area contributed by atoms with Crippen molar-refractivity contribution in [1.82, 2.24) is 24.1 Å². The third kappa shape index (κ3) is 7.52. The molecule has 0 aliphatic rings. The minimum absolute atomic E-state index is 0. The Labute approximate surface area is 420 Å². The normalized spacial score (nSPS) is 12.6. The summed E-state index contributed by atoms with van der Waals surface area (Å²) in [6.07, 6.45) is 0.0455. The maximum Gasteiger partial charge on any atom is 2.00 e. The van der Waals surface area contributed by atoms with Gasteiger partial charge >= 0.3 is 21.1 Å². The molecule has 4 aromatic heterocycles. The molecule has 0 amide bonds. The molecule has 338 valence electrons. The molecule has 0 fully saturated rings. The van der Waals surface area contributed by atoms with Crippen LogP contribution in [0.15, 0.2) is 182 Å². The minimum Gasteiger partial charge on any atom is -0.656 e. The third-order valence-electron chi connectivity index (χ3n) is 13.9. The van der Waals surface area contributed by atoms with Crippen LogP contribution in [-0.4, -0.2) is 19.1 Å². The van der Waals surface area contributed by atoms with E-state index in [0.29, 0.717) is 22.9 Å². The first-order chi connectivity index (χ1) is 33.9. The maximum absolute atomic E-state index is 9.73. The number of para-hydroxylation sites is 1. The van der Waals surface area contributed by atoms with Gasteiger partial charge in [-0.2, -0.15) is 0 Å². The van der Waals surface area contributed by atoms with Crippen LogP contribution in [0.5, 0.6) is 0 Å². The molecule has 5 nitrogen and oxygen atoms in total. The van der Waals surface area contributed by atoms with E-state index in [4.69, 9.17) is 15.0 Å². The Morgan fingerprint density at radius 3 is 2.16 bits per heavy atom. The van der Waals surface area contributed by atoms with Crippen molar-refractivity contribution in [3.05, 3.63) is 227 Å². The van der Waals surface area contributed by atoms with Crippen LogP contribution in [-0.2, 0) is 32.9 Å². The summed E-state index contributed by atoms with van der Waals surface area (Å²) in [5.74, 6) is 1.02. The summed E-state index contributed by atoms with van der Waals surface area (Å²) >= 11 is 0. The fourth-order valence-electron chi connectivity index (χ4n) is 10.1. The number of hydrogen-bond donors (Lipinski definition) is 0. The fraction of sp³-hybridized carbons (Fsp3) is 0.143. The summed E-state index contributed by atoms with van der Waals surface area (Å²) in [6, 6.07) is 64.8. The molecular weight excluding hydrogens is 1020 g/mol. The largest absolute Gasteiger partial charge is 2.00 e. The zero-order chi connectivity index (χ0) is 48.1. The van der Waals surface area contributed by atoms with Gasteiger partial charge in [-0.15, -0.1) is 40.4 Å². The molecule has 0 spiro atoms. The third-order valence-corrected chi connectivity index (χ3v) is 13.9. The molecule has 12 aromatic rings. The molecule has 0 unspecified atom stereocenters. The van der Waals surface area contributed by atoms with Crippen molar-refractivity contribution >= 4 is 54.8 Å². The molecule has 4 heterocycles. The van der Waals surface area contributed by atoms with E-state index in [2.05, 4.69) is 178 Å². The van der Waals surface area contributed by atoms with Crippen molar-refractivity contribution in [1.29, 1.82) is 0 Å². The topological polar surface area (TPSA) is 49.7 Å². The summed E-state index contributed by atoms with van der Waals surface area (Å²) < 4.78 is 24.0. The molecule has 69 heavy (non-hydrogen) atoms. The van der Waals surface area contributed by atoms with E-state index in [9.17, 15) is 2.74 Å². The van der Waals surface area contributed by atoms with Crippen molar-refractivity contribution in [2.24, 2.45) is 0 Å². The first kappa shape index (κ1) is 41.8. The van der Waals surface area contributed by atoms with E-state index >= 15 is 0 Å². The fourth-order valence-corrected chi connectivity index (χ4v) is 10.1. The number of benzene rings is 8. The Balaban J connectivity index is 0.00000547. The van der Waals surface area contributed by atoms with Gasteiger partial charge < -0.3 is 9.55 Å². The summed E-state index contributed by atoms with van der Waals surface area (Å²) in [7, 11) is 0. The zero-order valence-electron chi connectivity index (χ0n) is 41.5. The van der Waals surface area contributed by atoms with Gasteiger partial charge in [0.25, 0.3) is 0 Å². The van der Waals surface area contributed by atoms with Crippen LogP contribution in [0.4, 0.5) is 0 Å². The predicted molar refractivity (Wildman–Crippen MR) is 283 cm³/mol. The van der Waals surface area contributed by atoms with Gasteiger partial charge in [-0.3, -0.25) is 4.57 Å². The van der Waals surface area contributed by atoms with E-state index < -0.39 is 11.8 Å². The number of aryl methyl sites for hydroxylation is 2. The van der Waals surface area contributed by atoms with Gasteiger partial charge in [0.2, 0.25) is 0 Å². The van der Waals surface area contributed by atoms with Crippen molar-refractivity contribution in [2.45, 2.75) is 59.2 Å². The van der Waals surface area contributed by atoms with Gasteiger partial charge in [0.15, 0.2) is 0 Å². The molecule has 8 aromatic carbocycles. The number of fused-ring (bicyclic) bond motifs is 7. The van der Waals surface area contributed by atoms with Gasteiger partial charge in [0.05, 0.1) is 16.6 Å². The van der Waals surface area contributed by atoms with Crippen molar-refractivity contribution in [3.8, 4) is 33.9 Å². The van der Waals surface area contributed by atoms with Crippen LogP contribution in [0.1, 0.15) is 75.3 Å². The van der Waals surface area contributed by atoms with Crippen LogP contribution in [0.25, 0.3) is 88.7 Å². The van der Waals surface area contributed by atoms with Crippen LogP contribution in [0, 0.1) is 19.9 Å². The molecule has 0 radical (unpaired) electrons. The van der Waals surface area contributed by atoms with Gasteiger partial charge in [0.1, 0.15) is 11.5 Å². The number of aromatic nitrogens is 5. The van der Waals surface area contributed by atoms with E-state index in [1.165, 1.54) is 11.1 Å². The Kier molecular flexibility index (Phi) is 10.5. The monoisotopic (exact) mass is 1070 g/mol. The second-order valence-corrected chi connectivity index (χ2v) is 19.1. The summed E-state index contributed by atoms with van der Waals surface area (Å²) in [4.78, 5) is 16.1. The van der Waals surface area contributed by atoms with E-state index in [0.717, 1.165) is 99.5 Å². The minimum atomic E-state index is -1.83. The quantitative estimate of drug-likeness (QED) is 0.135. The smallest absolute Gasteiger partial charge is 0.656 e. The van der Waals surface area contributed by atoms with Crippen LogP contribution in [0.3, 0.4) is 0 Å². The molecule has 0 saturated heterocycles. The summed E-state index contributed by atoms with van der Waals surface area (Å²) in [5, 5.41) is 4.12. The average molecular weight is 1080 g/mol. The molecule has 12 rings (SSSR count). The van der Waals surface area contributed by atoms with E-state index in [1.807, 2.05) is 60.8 Å². The van der Waals surface area contributed by atoms with E-state index in [1.54, 1.807) is 0 Å². The molecule has 0 aliphatic heterocycles. The molecular formula is C63H51N5Pt. The van der Waals surface area contributed by atoms with Crippen molar-refractivity contribution in [2.75, 3.05) is 0 Å². The number of imidazole rings is 1. The molecule has 0 aliphatic carbocycles. The Morgan fingerprint density at radius 1 is 0.638 bits per heavy atom. The van der Waals surface area contributed by atoms with E-state index in [-0.39, 0.29) is 21.1 Å². The predicted octanol–water partition coefficient (Wildman–Crippen LogP) is 15.6. The van der Waals surface area contributed by atoms with Crippen LogP contribution in [0.2, 0.25) is 0 Å². The Hall–Kier alpha value is -7.33. The van der Waals surface area contributed by atoms with Gasteiger partial charge in [-0.05, 0) is 106 Å². The van der Waals surface area contributed by atoms with Crippen molar-refractivity contribution < 1.29 is 23.8 Å². The van der Waals surface area contributed by atoms with Gasteiger partial charge in [-0.25, -0.2) is 9.97 Å². The standard InChI is InChI=1S/C63H51N5.Pt/c1-39(2)44-27-28-49-50-23-16-30-64-61(50)68(57(49)35-44)56-36-45(26-25-41(56)4)51-37-47(63(5,6)46-19-12-8-13-20-46)38-58-60(51)66-62(67(58)48-21-14-9-15-22-48)54-34-43(32-42-17-10-7-11-18-42)33-53-52-31-40(3)24-29-55(52)65-59(53)54;/h7-31,33-35,37-39H,32H2,1-6H3;/q-2;+2/i32D2;. The van der Waals surface area contributed by atoms with Gasteiger partial charge in [-0.1, -0.05) is 167 Å².